The van der Waals surface area contributed by atoms with Crippen LogP contribution < -0.4 is 34.7 Å². The molecule has 5 heteroatoms. The van der Waals surface area contributed by atoms with Gasteiger partial charge < -0.3 is 14.6 Å². The average Bonchev–Trinajstić information content (AvgIpc) is 2.70. The Morgan fingerprint density at radius 1 is 0.828 bits per heavy atom. The van der Waals surface area contributed by atoms with Gasteiger partial charge in [0.15, 0.2) is 0 Å². The summed E-state index contributed by atoms with van der Waals surface area (Å²) >= 11 is 0. The molecule has 29 heavy (non-hydrogen) atoms. The minimum Gasteiger partial charge on any atom is -0.550 e. The van der Waals surface area contributed by atoms with E-state index in [9.17, 15) is 14.7 Å². The summed E-state index contributed by atoms with van der Waals surface area (Å²) in [6.45, 7) is 2.59. The van der Waals surface area contributed by atoms with Crippen molar-refractivity contribution in [3.05, 3.63) is 12.2 Å². The second-order valence-corrected chi connectivity index (χ2v) is 8.19. The number of hydrogen-bond donors (Lipinski definition) is 0. The molecule has 0 amide bonds. The van der Waals surface area contributed by atoms with Crippen LogP contribution in [0.25, 0.3) is 0 Å². The van der Waals surface area contributed by atoms with Crippen molar-refractivity contribution in [2.24, 2.45) is 11.8 Å². The van der Waals surface area contributed by atoms with Gasteiger partial charge in [0.05, 0.1) is 12.5 Å². The van der Waals surface area contributed by atoms with Crippen LogP contribution in [-0.4, -0.2) is 18.5 Å². The predicted octanol–water partition coefficient (Wildman–Crippen LogP) is 2.35. The van der Waals surface area contributed by atoms with E-state index in [1.54, 1.807) is 0 Å². The molecule has 1 fully saturated rings. The number of ether oxygens (including phenoxy) is 1. The first-order valence-corrected chi connectivity index (χ1v) is 11.7. The standard InChI is InChI=1S/C24H42O4.Na/c1-2-3-4-5-6-7-8-9-10-11-12-13-14-17-20-28-24(27)22-19-16-15-18-21(22)23(25)26;/h3-4,21-22H,2,5-20H2,1H3,(H,25,26);/q;+1/p-1/b4-3+;. The maximum absolute atomic E-state index is 12.1. The van der Waals surface area contributed by atoms with Crippen LogP contribution in [-0.2, 0) is 14.3 Å². The molecule has 162 valence electrons. The maximum Gasteiger partial charge on any atom is 1.00 e. The van der Waals surface area contributed by atoms with Crippen molar-refractivity contribution in [3.8, 4) is 0 Å². The van der Waals surface area contributed by atoms with E-state index in [1.165, 1.54) is 57.8 Å². The fraction of sp³-hybridized carbons (Fsp3) is 0.833. The van der Waals surface area contributed by atoms with Crippen LogP contribution in [0.2, 0.25) is 0 Å². The summed E-state index contributed by atoms with van der Waals surface area (Å²) in [5.74, 6) is -2.59. The topological polar surface area (TPSA) is 66.4 Å². The monoisotopic (exact) mass is 416 g/mol. The third-order valence-electron chi connectivity index (χ3n) is 5.78. The van der Waals surface area contributed by atoms with Crippen LogP contribution in [0, 0.1) is 11.8 Å². The third kappa shape index (κ3) is 14.3. The van der Waals surface area contributed by atoms with Gasteiger partial charge in [-0.15, -0.1) is 0 Å². The van der Waals surface area contributed by atoms with E-state index in [2.05, 4.69) is 19.1 Å². The Hall–Kier alpha value is -0.320. The fourth-order valence-corrected chi connectivity index (χ4v) is 4.04. The van der Waals surface area contributed by atoms with Gasteiger partial charge in [-0.1, -0.05) is 83.3 Å². The molecule has 4 nitrogen and oxygen atoms in total. The molecule has 0 aromatic rings. The van der Waals surface area contributed by atoms with E-state index in [0.29, 0.717) is 19.4 Å². The second kappa shape index (κ2) is 19.6. The molecule has 0 spiro atoms. The molecular weight excluding hydrogens is 375 g/mol. The minimum atomic E-state index is -1.10. The molecule has 0 N–H and O–H groups in total. The zero-order valence-corrected chi connectivity index (χ0v) is 21.0. The normalized spacial score (nSPS) is 19.1. The van der Waals surface area contributed by atoms with Gasteiger partial charge in [0, 0.05) is 11.9 Å². The van der Waals surface area contributed by atoms with Gasteiger partial charge in [0.2, 0.25) is 0 Å². The van der Waals surface area contributed by atoms with Gasteiger partial charge in [-0.25, -0.2) is 0 Å². The first-order chi connectivity index (χ1) is 13.7. The average molecular weight is 417 g/mol. The summed E-state index contributed by atoms with van der Waals surface area (Å²) < 4.78 is 5.33. The van der Waals surface area contributed by atoms with Crippen LogP contribution in [0.1, 0.15) is 110 Å². The number of carboxylic acids is 1. The number of allylic oxidation sites excluding steroid dienone is 2. The second-order valence-electron chi connectivity index (χ2n) is 8.19. The Kier molecular flexibility index (Phi) is 19.4. The fourth-order valence-electron chi connectivity index (χ4n) is 4.04. The molecule has 1 rings (SSSR count). The smallest absolute Gasteiger partial charge is 0.550 e. The Morgan fingerprint density at radius 2 is 1.34 bits per heavy atom. The van der Waals surface area contributed by atoms with E-state index in [1.807, 2.05) is 0 Å². The van der Waals surface area contributed by atoms with Crippen molar-refractivity contribution in [3.63, 3.8) is 0 Å². The molecule has 2 atom stereocenters. The Bertz CT molecular complexity index is 450. The van der Waals surface area contributed by atoms with E-state index >= 15 is 0 Å². The molecule has 0 heterocycles. The quantitative estimate of drug-likeness (QED) is 0.168. The number of hydrogen-bond acceptors (Lipinski definition) is 4. The van der Waals surface area contributed by atoms with E-state index in [4.69, 9.17) is 4.74 Å². The maximum atomic E-state index is 12.1. The van der Waals surface area contributed by atoms with Crippen molar-refractivity contribution >= 4 is 11.9 Å². The van der Waals surface area contributed by atoms with Gasteiger partial charge in [-0.05, 0) is 38.5 Å². The number of aliphatic carboxylic acids is 1. The Balaban J connectivity index is 0.00000784. The largest absolute Gasteiger partial charge is 1.00 e. The molecule has 0 aliphatic heterocycles. The van der Waals surface area contributed by atoms with E-state index in [-0.39, 0.29) is 35.5 Å². The zero-order chi connectivity index (χ0) is 20.5. The van der Waals surface area contributed by atoms with E-state index < -0.39 is 17.8 Å². The number of esters is 1. The third-order valence-corrected chi connectivity index (χ3v) is 5.78. The number of carboxylic acid groups (broad SMARTS) is 1. The van der Waals surface area contributed by atoms with Gasteiger partial charge in [-0.3, -0.25) is 4.79 Å². The minimum absolute atomic E-state index is 0. The summed E-state index contributed by atoms with van der Waals surface area (Å²) in [5.41, 5.74) is 0. The van der Waals surface area contributed by atoms with Crippen LogP contribution in [0.4, 0.5) is 0 Å². The molecule has 1 saturated carbocycles. The van der Waals surface area contributed by atoms with Crippen LogP contribution in [0.15, 0.2) is 12.2 Å². The van der Waals surface area contributed by atoms with Gasteiger partial charge in [0.1, 0.15) is 0 Å². The van der Waals surface area contributed by atoms with E-state index in [0.717, 1.165) is 32.1 Å². The van der Waals surface area contributed by atoms with Crippen molar-refractivity contribution in [2.45, 2.75) is 110 Å². The molecule has 1 aliphatic carbocycles. The molecule has 0 bridgehead atoms. The zero-order valence-electron chi connectivity index (χ0n) is 19.0. The number of unbranched alkanes of at least 4 members (excludes halogenated alkanes) is 10. The summed E-state index contributed by atoms with van der Waals surface area (Å²) in [6.07, 6.45) is 22.2. The molecule has 0 aromatic carbocycles. The number of carbonyl (C=O) groups excluding carboxylic acids is 2. The van der Waals surface area contributed by atoms with Crippen LogP contribution in [0.3, 0.4) is 0 Å². The predicted molar refractivity (Wildman–Crippen MR) is 112 cm³/mol. The van der Waals surface area contributed by atoms with Crippen LogP contribution >= 0.6 is 0 Å². The summed E-state index contributed by atoms with van der Waals surface area (Å²) in [6, 6.07) is 0. The summed E-state index contributed by atoms with van der Waals surface area (Å²) in [5, 5.41) is 11.2. The molecule has 1 aliphatic rings. The molecule has 0 aromatic heterocycles. The molecular formula is C24H41NaO4. The van der Waals surface area contributed by atoms with Crippen molar-refractivity contribution in [2.75, 3.05) is 6.61 Å². The molecule has 2 unspecified atom stereocenters. The summed E-state index contributed by atoms with van der Waals surface area (Å²) in [7, 11) is 0. The van der Waals surface area contributed by atoms with Gasteiger partial charge in [0.25, 0.3) is 0 Å². The van der Waals surface area contributed by atoms with Crippen molar-refractivity contribution in [1.82, 2.24) is 0 Å². The summed E-state index contributed by atoms with van der Waals surface area (Å²) in [4.78, 5) is 23.3. The first kappa shape index (κ1) is 28.7. The molecule has 0 saturated heterocycles. The SMILES string of the molecule is CC/C=C/CCCCCCCCCCCCOC(=O)C1CCCCC1C(=O)[O-].[Na+]. The molecule has 0 radical (unpaired) electrons. The van der Waals surface area contributed by atoms with Crippen molar-refractivity contribution < 1.29 is 49.0 Å². The number of rotatable bonds is 16. The van der Waals surface area contributed by atoms with Crippen LogP contribution in [0.5, 0.6) is 0 Å². The first-order valence-electron chi connectivity index (χ1n) is 11.7. The van der Waals surface area contributed by atoms with Crippen molar-refractivity contribution in [1.29, 1.82) is 0 Å². The Labute approximate surface area is 200 Å². The Morgan fingerprint density at radius 3 is 1.90 bits per heavy atom. The van der Waals surface area contributed by atoms with Gasteiger partial charge >= 0.3 is 35.5 Å². The van der Waals surface area contributed by atoms with Gasteiger partial charge in [-0.2, -0.15) is 0 Å². The number of carbonyl (C=O) groups is 2.